The third-order valence-electron chi connectivity index (χ3n) is 3.98. The maximum atomic E-state index is 5.77. The molecule has 0 radical (unpaired) electrons. The number of rotatable bonds is 4. The summed E-state index contributed by atoms with van der Waals surface area (Å²) < 4.78 is 0. The van der Waals surface area contributed by atoms with Crippen molar-refractivity contribution in [3.8, 4) is 0 Å². The molecule has 0 spiro atoms. The van der Waals surface area contributed by atoms with E-state index in [-0.39, 0.29) is 0 Å². The molecular formula is C12H25N3. The summed E-state index contributed by atoms with van der Waals surface area (Å²) in [6.07, 6.45) is 5.21. The molecule has 3 N–H and O–H groups in total. The van der Waals surface area contributed by atoms with E-state index in [1.807, 2.05) is 0 Å². The van der Waals surface area contributed by atoms with Crippen molar-refractivity contribution in [3.63, 3.8) is 0 Å². The Balaban J connectivity index is 1.51. The van der Waals surface area contributed by atoms with E-state index in [0.29, 0.717) is 6.04 Å². The third kappa shape index (κ3) is 3.44. The highest BCUT2D eigenvalue weighted by Gasteiger charge is 2.25. The second-order valence-electron chi connectivity index (χ2n) is 5.50. The number of nitrogens with two attached hydrogens (primary N) is 1. The van der Waals surface area contributed by atoms with Gasteiger partial charge in [-0.25, -0.2) is 0 Å². The van der Waals surface area contributed by atoms with Crippen LogP contribution in [0.25, 0.3) is 0 Å². The molecule has 2 aliphatic rings. The second kappa shape index (κ2) is 5.28. The van der Waals surface area contributed by atoms with Crippen LogP contribution >= 0.6 is 0 Å². The predicted octanol–water partition coefficient (Wildman–Crippen LogP) is 0.655. The average molecular weight is 211 g/mol. The van der Waals surface area contributed by atoms with E-state index in [4.69, 9.17) is 5.73 Å². The molecule has 1 heterocycles. The summed E-state index contributed by atoms with van der Waals surface area (Å²) in [5.41, 5.74) is 5.77. The normalized spacial score (nSPS) is 34.0. The fraction of sp³-hybridized carbons (Fsp3) is 1.00. The lowest BCUT2D eigenvalue weighted by Crippen LogP contribution is -2.43. The van der Waals surface area contributed by atoms with E-state index in [1.54, 1.807) is 0 Å². The van der Waals surface area contributed by atoms with Crippen LogP contribution in [0.5, 0.6) is 0 Å². The van der Waals surface area contributed by atoms with E-state index in [9.17, 15) is 0 Å². The topological polar surface area (TPSA) is 41.3 Å². The molecule has 1 aliphatic carbocycles. The van der Waals surface area contributed by atoms with Gasteiger partial charge in [-0.05, 0) is 70.7 Å². The highest BCUT2D eigenvalue weighted by Crippen LogP contribution is 2.24. The largest absolute Gasteiger partial charge is 0.328 e. The van der Waals surface area contributed by atoms with Gasteiger partial charge in [-0.15, -0.1) is 0 Å². The first-order valence-electron chi connectivity index (χ1n) is 6.39. The number of nitrogens with one attached hydrogen (secondary N) is 1. The summed E-state index contributed by atoms with van der Waals surface area (Å²) in [6, 6.07) is 0.500. The fourth-order valence-electron chi connectivity index (χ4n) is 2.71. The molecule has 0 aromatic heterocycles. The van der Waals surface area contributed by atoms with Crippen molar-refractivity contribution in [2.24, 2.45) is 17.6 Å². The van der Waals surface area contributed by atoms with Crippen molar-refractivity contribution in [1.82, 2.24) is 10.2 Å². The van der Waals surface area contributed by atoms with Crippen LogP contribution < -0.4 is 11.1 Å². The zero-order valence-electron chi connectivity index (χ0n) is 9.91. The first-order valence-corrected chi connectivity index (χ1v) is 6.39. The highest BCUT2D eigenvalue weighted by molar-refractivity contribution is 4.83. The van der Waals surface area contributed by atoms with Gasteiger partial charge in [-0.3, -0.25) is 0 Å². The van der Waals surface area contributed by atoms with Gasteiger partial charge in [-0.1, -0.05) is 0 Å². The van der Waals surface area contributed by atoms with E-state index in [2.05, 4.69) is 17.3 Å². The van der Waals surface area contributed by atoms with Gasteiger partial charge in [0.1, 0.15) is 0 Å². The number of piperidine rings is 1. The average Bonchev–Trinajstić information content (AvgIpc) is 2.18. The van der Waals surface area contributed by atoms with Gasteiger partial charge in [0.25, 0.3) is 0 Å². The molecule has 0 amide bonds. The summed E-state index contributed by atoms with van der Waals surface area (Å²) in [5, 5.41) is 3.62. The molecular weight excluding hydrogens is 186 g/mol. The van der Waals surface area contributed by atoms with Gasteiger partial charge in [0.2, 0.25) is 0 Å². The minimum Gasteiger partial charge on any atom is -0.328 e. The van der Waals surface area contributed by atoms with Crippen LogP contribution in [0.4, 0.5) is 0 Å². The molecule has 0 aromatic carbocycles. The molecule has 0 aromatic rings. The monoisotopic (exact) mass is 211 g/mol. The second-order valence-corrected chi connectivity index (χ2v) is 5.50. The Morgan fingerprint density at radius 1 is 1.13 bits per heavy atom. The number of nitrogens with zero attached hydrogens (tertiary/aromatic N) is 1. The van der Waals surface area contributed by atoms with Gasteiger partial charge in [-0.2, -0.15) is 0 Å². The van der Waals surface area contributed by atoms with Gasteiger partial charge in [0, 0.05) is 6.04 Å². The molecule has 15 heavy (non-hydrogen) atoms. The summed E-state index contributed by atoms with van der Waals surface area (Å²) in [6.45, 7) is 4.97. The lowest BCUT2D eigenvalue weighted by molar-refractivity contribution is 0.205. The minimum absolute atomic E-state index is 0.500. The molecule has 1 aliphatic heterocycles. The summed E-state index contributed by atoms with van der Waals surface area (Å²) in [4.78, 5) is 2.43. The Morgan fingerprint density at radius 3 is 2.33 bits per heavy atom. The SMILES string of the molecule is CN1CCC(CNCC2CC(N)C2)CC1. The first-order chi connectivity index (χ1) is 7.24. The predicted molar refractivity (Wildman–Crippen MR) is 63.8 cm³/mol. The van der Waals surface area contributed by atoms with Crippen LogP contribution in [0.2, 0.25) is 0 Å². The number of hydrogen-bond acceptors (Lipinski definition) is 3. The quantitative estimate of drug-likeness (QED) is 0.717. The van der Waals surface area contributed by atoms with Gasteiger partial charge < -0.3 is 16.0 Å². The zero-order valence-corrected chi connectivity index (χ0v) is 9.91. The van der Waals surface area contributed by atoms with Crippen molar-refractivity contribution >= 4 is 0 Å². The van der Waals surface area contributed by atoms with Crippen molar-refractivity contribution in [3.05, 3.63) is 0 Å². The smallest absolute Gasteiger partial charge is 0.00450 e. The van der Waals surface area contributed by atoms with Crippen LogP contribution in [0.15, 0.2) is 0 Å². The Bertz CT molecular complexity index is 181. The van der Waals surface area contributed by atoms with E-state index in [0.717, 1.165) is 11.8 Å². The molecule has 2 fully saturated rings. The van der Waals surface area contributed by atoms with Crippen LogP contribution in [-0.2, 0) is 0 Å². The van der Waals surface area contributed by atoms with Gasteiger partial charge in [0.05, 0.1) is 0 Å². The highest BCUT2D eigenvalue weighted by atomic mass is 15.1. The van der Waals surface area contributed by atoms with E-state index < -0.39 is 0 Å². The van der Waals surface area contributed by atoms with Crippen LogP contribution in [0, 0.1) is 11.8 Å². The maximum absolute atomic E-state index is 5.77. The molecule has 2 rings (SSSR count). The molecule has 1 saturated carbocycles. The van der Waals surface area contributed by atoms with E-state index in [1.165, 1.54) is 51.9 Å². The molecule has 0 unspecified atom stereocenters. The summed E-state index contributed by atoms with van der Waals surface area (Å²) in [7, 11) is 2.22. The first kappa shape index (κ1) is 11.4. The fourth-order valence-corrected chi connectivity index (χ4v) is 2.71. The van der Waals surface area contributed by atoms with Crippen LogP contribution in [0.1, 0.15) is 25.7 Å². The molecule has 88 valence electrons. The summed E-state index contributed by atoms with van der Waals surface area (Å²) in [5.74, 6) is 1.78. The molecule has 1 saturated heterocycles. The van der Waals surface area contributed by atoms with E-state index >= 15 is 0 Å². The van der Waals surface area contributed by atoms with Gasteiger partial charge in [0.15, 0.2) is 0 Å². The Kier molecular flexibility index (Phi) is 4.00. The number of likely N-dealkylation sites (tertiary alicyclic amines) is 1. The standard InChI is InChI=1S/C12H25N3/c1-15-4-2-10(3-5-15)8-14-9-11-6-12(13)7-11/h10-12,14H,2-9,13H2,1H3. The molecule has 0 atom stereocenters. The Hall–Kier alpha value is -0.120. The van der Waals surface area contributed by atoms with Crippen LogP contribution in [-0.4, -0.2) is 44.2 Å². The Labute approximate surface area is 93.4 Å². The Morgan fingerprint density at radius 2 is 1.73 bits per heavy atom. The van der Waals surface area contributed by atoms with Crippen molar-refractivity contribution < 1.29 is 0 Å². The van der Waals surface area contributed by atoms with Crippen molar-refractivity contribution in [1.29, 1.82) is 0 Å². The van der Waals surface area contributed by atoms with Crippen LogP contribution in [0.3, 0.4) is 0 Å². The lowest BCUT2D eigenvalue weighted by Gasteiger charge is -2.34. The maximum Gasteiger partial charge on any atom is 0.00450 e. The van der Waals surface area contributed by atoms with Gasteiger partial charge >= 0.3 is 0 Å². The van der Waals surface area contributed by atoms with Crippen molar-refractivity contribution in [2.45, 2.75) is 31.7 Å². The molecule has 3 nitrogen and oxygen atoms in total. The molecule has 0 bridgehead atoms. The minimum atomic E-state index is 0.500. The summed E-state index contributed by atoms with van der Waals surface area (Å²) >= 11 is 0. The third-order valence-corrected chi connectivity index (χ3v) is 3.98. The molecule has 3 heteroatoms. The zero-order chi connectivity index (χ0) is 10.7. The lowest BCUT2D eigenvalue weighted by atomic mass is 9.81. The number of hydrogen-bond donors (Lipinski definition) is 2. The van der Waals surface area contributed by atoms with Crippen molar-refractivity contribution in [2.75, 3.05) is 33.2 Å².